The van der Waals surface area contributed by atoms with Gasteiger partial charge in [0.2, 0.25) is 20.0 Å². The van der Waals surface area contributed by atoms with Crippen molar-refractivity contribution in [2.75, 3.05) is 23.0 Å². The number of sulfone groups is 2. The second-order valence-corrected chi connectivity index (χ2v) is 19.5. The van der Waals surface area contributed by atoms with Crippen LogP contribution in [0.15, 0.2) is 58.3 Å². The van der Waals surface area contributed by atoms with E-state index in [4.69, 9.17) is 0 Å². The van der Waals surface area contributed by atoms with E-state index in [1.807, 2.05) is 27.7 Å². The molecule has 3 aliphatic rings. The maximum atomic E-state index is 14.1. The highest BCUT2D eigenvalue weighted by Gasteiger charge is 2.63. The van der Waals surface area contributed by atoms with E-state index in [-0.39, 0.29) is 21.6 Å². The van der Waals surface area contributed by atoms with Gasteiger partial charge in [0.25, 0.3) is 0 Å². The van der Waals surface area contributed by atoms with Crippen molar-refractivity contribution in [1.29, 1.82) is 0 Å². The summed E-state index contributed by atoms with van der Waals surface area (Å²) in [6.07, 6.45) is 0. The standard InChI is InChI=1S/C26H34N2O8S4/c1-17(2)19-5-9-21(10-6-19)39(33,34)27-23-13-37(29,30)15-25(23)28(26-16-38(31,32)14-24(26)27)40(35,36)22-11-7-20(8-12-22)18(3)4/h5-12,17-18,23-26H,13-16H2,1-4H3/t23-,24-,25+,26+. The highest BCUT2D eigenvalue weighted by molar-refractivity contribution is 7.93. The molecule has 0 saturated carbocycles. The van der Waals surface area contributed by atoms with E-state index in [9.17, 15) is 33.7 Å². The summed E-state index contributed by atoms with van der Waals surface area (Å²) in [5, 5.41) is 0. The number of nitrogens with zero attached hydrogens (tertiary/aromatic N) is 2. The molecule has 3 saturated heterocycles. The molecule has 2 aromatic rings. The van der Waals surface area contributed by atoms with Crippen LogP contribution < -0.4 is 0 Å². The lowest BCUT2D eigenvalue weighted by molar-refractivity contribution is 0.0841. The van der Waals surface area contributed by atoms with E-state index in [0.29, 0.717) is 0 Å². The van der Waals surface area contributed by atoms with E-state index >= 15 is 0 Å². The average Bonchev–Trinajstić information content (AvgIpc) is 3.34. The predicted octanol–water partition coefficient (Wildman–Crippen LogP) is 1.96. The van der Waals surface area contributed by atoms with Gasteiger partial charge in [0.1, 0.15) is 0 Å². The van der Waals surface area contributed by atoms with Gasteiger partial charge in [0.15, 0.2) is 19.7 Å². The predicted molar refractivity (Wildman–Crippen MR) is 152 cm³/mol. The molecule has 3 fully saturated rings. The molecule has 0 amide bonds. The summed E-state index contributed by atoms with van der Waals surface area (Å²) in [5.74, 6) is -2.08. The van der Waals surface area contributed by atoms with Crippen LogP contribution >= 0.6 is 0 Å². The monoisotopic (exact) mass is 630 g/mol. The second-order valence-electron chi connectivity index (χ2n) is 11.5. The highest BCUT2D eigenvalue weighted by atomic mass is 32.2. The fraction of sp³-hybridized carbons (Fsp3) is 0.538. The van der Waals surface area contributed by atoms with E-state index in [1.165, 1.54) is 24.3 Å². The van der Waals surface area contributed by atoms with Gasteiger partial charge >= 0.3 is 0 Å². The van der Waals surface area contributed by atoms with Crippen LogP contribution in [0.4, 0.5) is 0 Å². The van der Waals surface area contributed by atoms with Crippen molar-refractivity contribution in [3.8, 4) is 0 Å². The first-order valence-electron chi connectivity index (χ1n) is 13.1. The number of fused-ring (bicyclic) bond motifs is 2. The number of benzene rings is 2. The molecule has 0 aliphatic carbocycles. The molecule has 220 valence electrons. The van der Waals surface area contributed by atoms with Gasteiger partial charge in [-0.05, 0) is 47.2 Å². The number of rotatable bonds is 6. The minimum atomic E-state index is -4.38. The van der Waals surface area contributed by atoms with E-state index in [1.54, 1.807) is 24.3 Å². The zero-order valence-electron chi connectivity index (χ0n) is 22.7. The van der Waals surface area contributed by atoms with Gasteiger partial charge in [-0.3, -0.25) is 0 Å². The minimum Gasteiger partial charge on any atom is -0.229 e. The van der Waals surface area contributed by atoms with Crippen LogP contribution in [0, 0.1) is 0 Å². The summed E-state index contributed by atoms with van der Waals surface area (Å²) in [5.41, 5.74) is 1.81. The van der Waals surface area contributed by atoms with Gasteiger partial charge in [-0.15, -0.1) is 0 Å². The van der Waals surface area contributed by atoms with Crippen LogP contribution in [-0.4, -0.2) is 89.5 Å². The lowest BCUT2D eigenvalue weighted by Crippen LogP contribution is -2.69. The van der Waals surface area contributed by atoms with Crippen molar-refractivity contribution in [1.82, 2.24) is 8.61 Å². The molecule has 0 N–H and O–H groups in total. The Morgan fingerprint density at radius 1 is 0.550 bits per heavy atom. The average molecular weight is 631 g/mol. The van der Waals surface area contributed by atoms with Crippen molar-refractivity contribution in [2.45, 2.75) is 73.5 Å². The van der Waals surface area contributed by atoms with Gasteiger partial charge in [0.05, 0.1) is 57.0 Å². The molecular formula is C26H34N2O8S4. The zero-order valence-corrected chi connectivity index (χ0v) is 26.0. The molecule has 14 heteroatoms. The third-order valence-electron chi connectivity index (χ3n) is 8.14. The summed E-state index contributed by atoms with van der Waals surface area (Å²) in [7, 11) is -16.4. The van der Waals surface area contributed by atoms with Crippen molar-refractivity contribution >= 4 is 39.7 Å². The quantitative estimate of drug-likeness (QED) is 0.472. The first-order chi connectivity index (χ1) is 18.4. The summed E-state index contributed by atoms with van der Waals surface area (Å²) in [6, 6.07) is 7.35. The first kappa shape index (κ1) is 29.6. The molecule has 2 aromatic carbocycles. The molecule has 0 aromatic heterocycles. The van der Waals surface area contributed by atoms with Crippen molar-refractivity contribution in [3.05, 3.63) is 59.7 Å². The van der Waals surface area contributed by atoms with Crippen LogP contribution in [0.2, 0.25) is 0 Å². The van der Waals surface area contributed by atoms with Gasteiger partial charge in [-0.1, -0.05) is 52.0 Å². The maximum absolute atomic E-state index is 14.1. The largest absolute Gasteiger partial charge is 0.243 e. The third kappa shape index (κ3) is 5.04. The molecule has 0 radical (unpaired) electrons. The second kappa shape index (κ2) is 9.87. The Bertz CT molecular complexity index is 1570. The van der Waals surface area contributed by atoms with Crippen LogP contribution in [0.3, 0.4) is 0 Å². The van der Waals surface area contributed by atoms with Crippen molar-refractivity contribution in [3.63, 3.8) is 0 Å². The summed E-state index contributed by atoms with van der Waals surface area (Å²) in [6.45, 7) is 7.84. The summed E-state index contributed by atoms with van der Waals surface area (Å²) >= 11 is 0. The lowest BCUT2D eigenvalue weighted by atomic mass is 10.0. The van der Waals surface area contributed by atoms with Gasteiger partial charge < -0.3 is 0 Å². The number of sulfonamides is 2. The smallest absolute Gasteiger partial charge is 0.229 e. The fourth-order valence-corrected chi connectivity index (χ4v) is 14.1. The molecule has 0 bridgehead atoms. The van der Waals surface area contributed by atoms with E-state index < -0.39 is 86.9 Å². The van der Waals surface area contributed by atoms with E-state index in [2.05, 4.69) is 0 Å². The summed E-state index contributed by atoms with van der Waals surface area (Å²) < 4.78 is 110. The lowest BCUT2D eigenvalue weighted by Gasteiger charge is -2.49. The molecule has 0 spiro atoms. The molecule has 3 heterocycles. The Morgan fingerprint density at radius 2 is 0.800 bits per heavy atom. The number of hydrogen-bond donors (Lipinski definition) is 0. The fourth-order valence-electron chi connectivity index (χ4n) is 6.09. The highest BCUT2D eigenvalue weighted by Crippen LogP contribution is 2.43. The Hall–Kier alpha value is -1.84. The van der Waals surface area contributed by atoms with Crippen molar-refractivity contribution in [2.24, 2.45) is 0 Å². The third-order valence-corrected chi connectivity index (χ3v) is 15.5. The summed E-state index contributed by atoms with van der Waals surface area (Å²) in [4.78, 5) is -0.188. The number of piperazine rings is 1. The maximum Gasteiger partial charge on any atom is 0.243 e. The molecule has 10 nitrogen and oxygen atoms in total. The van der Waals surface area contributed by atoms with Crippen LogP contribution in [0.1, 0.15) is 50.7 Å². The molecule has 40 heavy (non-hydrogen) atoms. The molecule has 0 unspecified atom stereocenters. The number of hydrogen-bond acceptors (Lipinski definition) is 8. The van der Waals surface area contributed by atoms with Crippen LogP contribution in [-0.2, 0) is 39.7 Å². The Balaban J connectivity index is 1.65. The van der Waals surface area contributed by atoms with Crippen molar-refractivity contribution < 1.29 is 33.7 Å². The SMILES string of the molecule is CC(C)c1ccc(S(=O)(=O)N2[C@@H]3CS(=O)(=O)C[C@@H]3N(S(=O)(=O)c3ccc(C(C)C)cc3)[C@H]3CS(=O)(=O)C[C@H]32)cc1. The molecular weight excluding hydrogens is 597 g/mol. The van der Waals surface area contributed by atoms with Crippen LogP contribution in [0.25, 0.3) is 0 Å². The van der Waals surface area contributed by atoms with E-state index in [0.717, 1.165) is 19.7 Å². The molecule has 5 rings (SSSR count). The minimum absolute atomic E-state index is 0.0939. The first-order valence-corrected chi connectivity index (χ1v) is 19.6. The Morgan fingerprint density at radius 3 is 1.02 bits per heavy atom. The van der Waals surface area contributed by atoms with Gasteiger partial charge in [0, 0.05) is 0 Å². The Labute approximate surface area is 237 Å². The topological polar surface area (TPSA) is 143 Å². The Kier molecular flexibility index (Phi) is 7.32. The zero-order chi connectivity index (χ0) is 29.4. The normalized spacial score (nSPS) is 28.6. The van der Waals surface area contributed by atoms with Gasteiger partial charge in [-0.2, -0.15) is 8.61 Å². The van der Waals surface area contributed by atoms with Gasteiger partial charge in [-0.25, -0.2) is 33.7 Å². The molecule has 3 aliphatic heterocycles. The molecule has 4 atom stereocenters. The van der Waals surface area contributed by atoms with Crippen LogP contribution in [0.5, 0.6) is 0 Å².